The summed E-state index contributed by atoms with van der Waals surface area (Å²) in [5.41, 5.74) is 1.43. The van der Waals surface area contributed by atoms with Gasteiger partial charge in [0.25, 0.3) is 5.91 Å². The quantitative estimate of drug-likeness (QED) is 0.859. The molecular formula is C12H16BrN5O. The maximum absolute atomic E-state index is 12.4. The van der Waals surface area contributed by atoms with Crippen LogP contribution in [-0.2, 0) is 20.1 Å². The summed E-state index contributed by atoms with van der Waals surface area (Å²) in [6.07, 6.45) is 3.51. The number of carbonyl (C=O) groups excluding carboxylic acids is 1. The van der Waals surface area contributed by atoms with Crippen LogP contribution in [-0.4, -0.2) is 37.4 Å². The summed E-state index contributed by atoms with van der Waals surface area (Å²) in [7, 11) is 3.62. The Balaban J connectivity index is 2.16. The number of halogens is 1. The van der Waals surface area contributed by atoms with E-state index in [0.717, 1.165) is 5.69 Å². The average molecular weight is 326 g/mol. The molecule has 0 N–H and O–H groups in total. The molecule has 0 spiro atoms. The molecule has 0 aliphatic heterocycles. The summed E-state index contributed by atoms with van der Waals surface area (Å²) < 4.78 is 4.12. The van der Waals surface area contributed by atoms with Gasteiger partial charge in [-0.1, -0.05) is 0 Å². The maximum Gasteiger partial charge on any atom is 0.273 e. The highest BCUT2D eigenvalue weighted by Crippen LogP contribution is 2.18. The van der Waals surface area contributed by atoms with Gasteiger partial charge in [0.2, 0.25) is 0 Å². The Morgan fingerprint density at radius 2 is 2.26 bits per heavy atom. The summed E-state index contributed by atoms with van der Waals surface area (Å²) >= 11 is 3.37. The molecule has 2 aromatic rings. The van der Waals surface area contributed by atoms with Gasteiger partial charge in [-0.3, -0.25) is 14.2 Å². The molecule has 0 aliphatic rings. The van der Waals surface area contributed by atoms with Crippen molar-refractivity contribution in [2.75, 3.05) is 7.05 Å². The first-order valence-corrected chi connectivity index (χ1v) is 6.77. The lowest BCUT2D eigenvalue weighted by Gasteiger charge is -2.16. The molecule has 1 amide bonds. The van der Waals surface area contributed by atoms with Gasteiger partial charge in [-0.15, -0.1) is 0 Å². The van der Waals surface area contributed by atoms with E-state index in [1.54, 1.807) is 27.5 Å². The molecule has 19 heavy (non-hydrogen) atoms. The van der Waals surface area contributed by atoms with Crippen LogP contribution in [0.4, 0.5) is 0 Å². The van der Waals surface area contributed by atoms with E-state index in [-0.39, 0.29) is 5.91 Å². The predicted octanol–water partition coefficient (Wildman–Crippen LogP) is 1.67. The Kier molecular flexibility index (Phi) is 4.04. The van der Waals surface area contributed by atoms with Gasteiger partial charge >= 0.3 is 0 Å². The lowest BCUT2D eigenvalue weighted by Crippen LogP contribution is -2.29. The lowest BCUT2D eigenvalue weighted by molar-refractivity contribution is 0.0770. The predicted molar refractivity (Wildman–Crippen MR) is 74.6 cm³/mol. The Morgan fingerprint density at radius 1 is 1.53 bits per heavy atom. The lowest BCUT2D eigenvalue weighted by atomic mass is 10.3. The van der Waals surface area contributed by atoms with Gasteiger partial charge in [-0.05, 0) is 28.9 Å². The molecular weight excluding hydrogens is 310 g/mol. The van der Waals surface area contributed by atoms with Crippen LogP contribution in [0.25, 0.3) is 0 Å². The first-order chi connectivity index (χ1) is 9.02. The Labute approximate surface area is 120 Å². The molecule has 0 aromatic carbocycles. The largest absolute Gasteiger partial charge is 0.334 e. The van der Waals surface area contributed by atoms with Gasteiger partial charge in [-0.2, -0.15) is 10.2 Å². The Morgan fingerprint density at radius 3 is 2.84 bits per heavy atom. The van der Waals surface area contributed by atoms with E-state index in [1.165, 1.54) is 0 Å². The SMILES string of the molecule is CCn1ncc(Br)c1C(=O)N(C)Cc1ccn(C)n1. The first-order valence-electron chi connectivity index (χ1n) is 5.98. The van der Waals surface area contributed by atoms with Crippen LogP contribution in [0, 0.1) is 0 Å². The number of aryl methyl sites for hydroxylation is 2. The van der Waals surface area contributed by atoms with E-state index in [9.17, 15) is 4.79 Å². The van der Waals surface area contributed by atoms with Gasteiger partial charge in [0.1, 0.15) is 5.69 Å². The zero-order valence-corrected chi connectivity index (χ0v) is 12.8. The third-order valence-corrected chi connectivity index (χ3v) is 3.39. The smallest absolute Gasteiger partial charge is 0.273 e. The molecule has 2 rings (SSSR count). The Bertz CT molecular complexity index is 589. The van der Waals surface area contributed by atoms with Crippen molar-refractivity contribution in [3.63, 3.8) is 0 Å². The molecule has 2 aromatic heterocycles. The standard InChI is InChI=1S/C12H16BrN5O/c1-4-18-11(10(13)7-14-18)12(19)16(2)8-9-5-6-17(3)15-9/h5-7H,4,8H2,1-3H3. The van der Waals surface area contributed by atoms with Crippen molar-refractivity contribution in [3.05, 3.63) is 34.3 Å². The van der Waals surface area contributed by atoms with E-state index in [1.807, 2.05) is 26.2 Å². The van der Waals surface area contributed by atoms with E-state index in [4.69, 9.17) is 0 Å². The fraction of sp³-hybridized carbons (Fsp3) is 0.417. The van der Waals surface area contributed by atoms with E-state index >= 15 is 0 Å². The molecule has 0 bridgehead atoms. The molecule has 0 aliphatic carbocycles. The van der Waals surface area contributed by atoms with Crippen molar-refractivity contribution in [3.8, 4) is 0 Å². The minimum atomic E-state index is -0.0723. The minimum Gasteiger partial charge on any atom is -0.334 e. The molecule has 0 radical (unpaired) electrons. The number of aromatic nitrogens is 4. The second-order valence-electron chi connectivity index (χ2n) is 4.30. The second kappa shape index (κ2) is 5.56. The summed E-state index contributed by atoms with van der Waals surface area (Å²) in [6, 6.07) is 1.90. The summed E-state index contributed by atoms with van der Waals surface area (Å²) in [4.78, 5) is 14.1. The summed E-state index contributed by atoms with van der Waals surface area (Å²) in [5, 5.41) is 8.42. The highest BCUT2D eigenvalue weighted by molar-refractivity contribution is 9.10. The van der Waals surface area contributed by atoms with Crippen LogP contribution in [0.15, 0.2) is 22.9 Å². The third kappa shape index (κ3) is 2.86. The van der Waals surface area contributed by atoms with E-state index in [0.29, 0.717) is 23.3 Å². The van der Waals surface area contributed by atoms with Crippen molar-refractivity contribution in [2.24, 2.45) is 7.05 Å². The Hall–Kier alpha value is -1.63. The van der Waals surface area contributed by atoms with Crippen molar-refractivity contribution >= 4 is 21.8 Å². The zero-order chi connectivity index (χ0) is 14.0. The second-order valence-corrected chi connectivity index (χ2v) is 5.15. The number of amides is 1. The maximum atomic E-state index is 12.4. The number of rotatable bonds is 4. The molecule has 2 heterocycles. The van der Waals surface area contributed by atoms with Crippen LogP contribution in [0.1, 0.15) is 23.1 Å². The van der Waals surface area contributed by atoms with Crippen molar-refractivity contribution in [1.29, 1.82) is 0 Å². The highest BCUT2D eigenvalue weighted by Gasteiger charge is 2.20. The summed E-state index contributed by atoms with van der Waals surface area (Å²) in [5.74, 6) is -0.0723. The molecule has 0 unspecified atom stereocenters. The molecule has 0 saturated heterocycles. The van der Waals surface area contributed by atoms with Crippen LogP contribution in [0.5, 0.6) is 0 Å². The molecule has 6 nitrogen and oxygen atoms in total. The van der Waals surface area contributed by atoms with Crippen LogP contribution >= 0.6 is 15.9 Å². The van der Waals surface area contributed by atoms with Gasteiger partial charge in [-0.25, -0.2) is 0 Å². The average Bonchev–Trinajstić information content (AvgIpc) is 2.94. The first kappa shape index (κ1) is 13.8. The normalized spacial score (nSPS) is 10.7. The van der Waals surface area contributed by atoms with Crippen molar-refractivity contribution in [1.82, 2.24) is 24.5 Å². The fourth-order valence-electron chi connectivity index (χ4n) is 1.86. The van der Waals surface area contributed by atoms with Gasteiger partial charge in [0.05, 0.1) is 22.9 Å². The number of carbonyl (C=O) groups is 1. The van der Waals surface area contributed by atoms with Crippen molar-refractivity contribution in [2.45, 2.75) is 20.0 Å². The van der Waals surface area contributed by atoms with Crippen LogP contribution < -0.4 is 0 Å². The van der Waals surface area contributed by atoms with Gasteiger partial charge in [0, 0.05) is 26.8 Å². The molecule has 102 valence electrons. The van der Waals surface area contributed by atoms with E-state index in [2.05, 4.69) is 26.1 Å². The molecule has 0 fully saturated rings. The third-order valence-electron chi connectivity index (χ3n) is 2.81. The minimum absolute atomic E-state index is 0.0723. The van der Waals surface area contributed by atoms with Gasteiger partial charge in [0.15, 0.2) is 0 Å². The molecule has 0 atom stereocenters. The summed E-state index contributed by atoms with van der Waals surface area (Å²) in [6.45, 7) is 3.08. The number of nitrogens with zero attached hydrogens (tertiary/aromatic N) is 5. The molecule has 0 saturated carbocycles. The fourth-order valence-corrected chi connectivity index (χ4v) is 2.32. The zero-order valence-electron chi connectivity index (χ0n) is 11.2. The number of hydrogen-bond donors (Lipinski definition) is 0. The monoisotopic (exact) mass is 325 g/mol. The highest BCUT2D eigenvalue weighted by atomic mass is 79.9. The van der Waals surface area contributed by atoms with Gasteiger partial charge < -0.3 is 4.90 Å². The van der Waals surface area contributed by atoms with E-state index < -0.39 is 0 Å². The topological polar surface area (TPSA) is 56.0 Å². The number of hydrogen-bond acceptors (Lipinski definition) is 3. The van der Waals surface area contributed by atoms with Crippen LogP contribution in [0.2, 0.25) is 0 Å². The molecule has 7 heteroatoms. The van der Waals surface area contributed by atoms with Crippen LogP contribution in [0.3, 0.4) is 0 Å². The van der Waals surface area contributed by atoms with Crippen molar-refractivity contribution < 1.29 is 4.79 Å².